The van der Waals surface area contributed by atoms with Crippen LogP contribution < -0.4 is 4.74 Å². The second-order valence-electron chi connectivity index (χ2n) is 5.05. The van der Waals surface area contributed by atoms with Gasteiger partial charge in [-0.1, -0.05) is 24.8 Å². The molecule has 0 bridgehead atoms. The predicted octanol–water partition coefficient (Wildman–Crippen LogP) is 3.12. The van der Waals surface area contributed by atoms with Gasteiger partial charge in [-0.05, 0) is 31.2 Å². The molecule has 5 nitrogen and oxygen atoms in total. The van der Waals surface area contributed by atoms with Crippen LogP contribution in [0, 0.1) is 0 Å². The topological polar surface area (TPSA) is 54.0 Å². The average molecular weight is 318 g/mol. The van der Waals surface area contributed by atoms with E-state index in [0.717, 1.165) is 0 Å². The van der Waals surface area contributed by atoms with Crippen LogP contribution in [-0.4, -0.2) is 38.2 Å². The SMILES string of the molecule is C=CCOc1ccc(C(=O)OC2COC(CC=CC)OC2)cc1. The maximum Gasteiger partial charge on any atom is 0.338 e. The Morgan fingerprint density at radius 3 is 2.61 bits per heavy atom. The summed E-state index contributed by atoms with van der Waals surface area (Å²) in [5.74, 6) is 0.280. The molecule has 0 unspecified atom stereocenters. The highest BCUT2D eigenvalue weighted by Gasteiger charge is 2.24. The van der Waals surface area contributed by atoms with Gasteiger partial charge in [-0.15, -0.1) is 0 Å². The van der Waals surface area contributed by atoms with Crippen LogP contribution in [0.1, 0.15) is 23.7 Å². The molecule has 0 N–H and O–H groups in total. The maximum absolute atomic E-state index is 12.1. The van der Waals surface area contributed by atoms with Crippen molar-refractivity contribution in [2.45, 2.75) is 25.7 Å². The molecule has 0 atom stereocenters. The highest BCUT2D eigenvalue weighted by atomic mass is 16.7. The summed E-state index contributed by atoms with van der Waals surface area (Å²) in [4.78, 5) is 12.1. The second kappa shape index (κ2) is 9.12. The predicted molar refractivity (Wildman–Crippen MR) is 86.5 cm³/mol. The molecular formula is C18H22O5. The summed E-state index contributed by atoms with van der Waals surface area (Å²) >= 11 is 0. The maximum atomic E-state index is 12.1. The van der Waals surface area contributed by atoms with Crippen molar-refractivity contribution < 1.29 is 23.7 Å². The van der Waals surface area contributed by atoms with Crippen molar-refractivity contribution in [1.82, 2.24) is 0 Å². The molecule has 1 aromatic rings. The van der Waals surface area contributed by atoms with Crippen molar-refractivity contribution in [1.29, 1.82) is 0 Å². The molecule has 23 heavy (non-hydrogen) atoms. The van der Waals surface area contributed by atoms with Crippen molar-refractivity contribution in [3.63, 3.8) is 0 Å². The number of benzene rings is 1. The molecule has 2 rings (SSSR count). The van der Waals surface area contributed by atoms with Gasteiger partial charge in [-0.3, -0.25) is 0 Å². The Bertz CT molecular complexity index is 527. The summed E-state index contributed by atoms with van der Waals surface area (Å²) in [6.45, 7) is 6.64. The van der Waals surface area contributed by atoms with Crippen LogP contribution >= 0.6 is 0 Å². The Morgan fingerprint density at radius 1 is 1.30 bits per heavy atom. The zero-order chi connectivity index (χ0) is 16.5. The number of ether oxygens (including phenoxy) is 4. The normalized spacial score (nSPS) is 21.1. The fraction of sp³-hybridized carbons (Fsp3) is 0.389. The molecule has 1 heterocycles. The van der Waals surface area contributed by atoms with Gasteiger partial charge in [0.05, 0.1) is 18.8 Å². The van der Waals surface area contributed by atoms with Crippen molar-refractivity contribution >= 4 is 5.97 Å². The number of allylic oxidation sites excluding steroid dienone is 1. The molecule has 1 saturated heterocycles. The van der Waals surface area contributed by atoms with Crippen LogP contribution in [0.5, 0.6) is 5.75 Å². The van der Waals surface area contributed by atoms with Gasteiger partial charge in [0, 0.05) is 6.42 Å². The first-order chi connectivity index (χ1) is 11.2. The number of rotatable bonds is 7. The molecule has 1 fully saturated rings. The molecule has 0 spiro atoms. The van der Waals surface area contributed by atoms with Gasteiger partial charge in [-0.2, -0.15) is 0 Å². The third kappa shape index (κ3) is 5.54. The lowest BCUT2D eigenvalue weighted by atomic mass is 10.2. The Morgan fingerprint density at radius 2 is 2.00 bits per heavy atom. The van der Waals surface area contributed by atoms with Crippen molar-refractivity contribution in [2.75, 3.05) is 19.8 Å². The molecule has 0 aromatic heterocycles. The summed E-state index contributed by atoms with van der Waals surface area (Å²) in [5.41, 5.74) is 0.465. The van der Waals surface area contributed by atoms with E-state index in [2.05, 4.69) is 6.58 Å². The molecule has 124 valence electrons. The Labute approximate surface area is 136 Å². The summed E-state index contributed by atoms with van der Waals surface area (Å²) in [7, 11) is 0. The number of carbonyl (C=O) groups excluding carboxylic acids is 1. The van der Waals surface area contributed by atoms with E-state index in [1.54, 1.807) is 30.3 Å². The van der Waals surface area contributed by atoms with E-state index in [0.29, 0.717) is 37.6 Å². The third-order valence-corrected chi connectivity index (χ3v) is 3.23. The molecule has 1 aromatic carbocycles. The quantitative estimate of drug-likeness (QED) is 0.571. The molecule has 1 aliphatic heterocycles. The summed E-state index contributed by atoms with van der Waals surface area (Å²) in [6, 6.07) is 6.78. The zero-order valence-corrected chi connectivity index (χ0v) is 13.3. The van der Waals surface area contributed by atoms with Gasteiger partial charge in [0.1, 0.15) is 18.5 Å². The fourth-order valence-corrected chi connectivity index (χ4v) is 2.04. The van der Waals surface area contributed by atoms with E-state index < -0.39 is 5.97 Å². The van der Waals surface area contributed by atoms with Gasteiger partial charge >= 0.3 is 5.97 Å². The lowest BCUT2D eigenvalue weighted by molar-refractivity contribution is -0.214. The van der Waals surface area contributed by atoms with E-state index >= 15 is 0 Å². The van der Waals surface area contributed by atoms with E-state index in [4.69, 9.17) is 18.9 Å². The fourth-order valence-electron chi connectivity index (χ4n) is 2.04. The van der Waals surface area contributed by atoms with E-state index in [9.17, 15) is 4.79 Å². The van der Waals surface area contributed by atoms with Crippen LogP contribution in [0.15, 0.2) is 49.1 Å². The van der Waals surface area contributed by atoms with E-state index in [1.807, 2.05) is 19.1 Å². The zero-order valence-electron chi connectivity index (χ0n) is 13.3. The largest absolute Gasteiger partial charge is 0.490 e. The van der Waals surface area contributed by atoms with Crippen LogP contribution in [0.3, 0.4) is 0 Å². The minimum atomic E-state index is -0.399. The van der Waals surface area contributed by atoms with Gasteiger partial charge in [0.15, 0.2) is 6.29 Å². The first-order valence-electron chi connectivity index (χ1n) is 7.62. The minimum absolute atomic E-state index is 0.262. The smallest absolute Gasteiger partial charge is 0.338 e. The third-order valence-electron chi connectivity index (χ3n) is 3.23. The molecule has 0 radical (unpaired) electrons. The molecule has 1 aliphatic rings. The highest BCUT2D eigenvalue weighted by molar-refractivity contribution is 5.89. The van der Waals surface area contributed by atoms with Crippen molar-refractivity contribution in [3.8, 4) is 5.75 Å². The van der Waals surface area contributed by atoms with Gasteiger partial charge in [0.2, 0.25) is 0 Å². The molecule has 0 saturated carbocycles. The summed E-state index contributed by atoms with van der Waals surface area (Å²) < 4.78 is 21.8. The van der Waals surface area contributed by atoms with Gasteiger partial charge in [-0.25, -0.2) is 4.79 Å². The number of hydrogen-bond donors (Lipinski definition) is 0. The molecular weight excluding hydrogens is 296 g/mol. The van der Waals surface area contributed by atoms with Crippen LogP contribution in [-0.2, 0) is 14.2 Å². The van der Waals surface area contributed by atoms with Crippen LogP contribution in [0.4, 0.5) is 0 Å². The first-order valence-corrected chi connectivity index (χ1v) is 7.62. The molecule has 0 amide bonds. The standard InChI is InChI=1S/C18H22O5/c1-3-5-6-17-21-12-16(13-22-17)23-18(19)14-7-9-15(10-8-14)20-11-4-2/h3-5,7-10,16-17H,2,6,11-13H2,1H3. The first kappa shape index (κ1) is 17.2. The highest BCUT2D eigenvalue weighted by Crippen LogP contribution is 2.16. The molecule has 0 aliphatic carbocycles. The lowest BCUT2D eigenvalue weighted by Crippen LogP contribution is -2.38. The van der Waals surface area contributed by atoms with Crippen molar-refractivity contribution in [2.24, 2.45) is 0 Å². The average Bonchev–Trinajstić information content (AvgIpc) is 2.59. The monoisotopic (exact) mass is 318 g/mol. The minimum Gasteiger partial charge on any atom is -0.490 e. The Balaban J connectivity index is 1.79. The van der Waals surface area contributed by atoms with Crippen molar-refractivity contribution in [3.05, 3.63) is 54.6 Å². The van der Waals surface area contributed by atoms with Crippen LogP contribution in [0.2, 0.25) is 0 Å². The van der Waals surface area contributed by atoms with E-state index in [1.165, 1.54) is 0 Å². The number of esters is 1. The summed E-state index contributed by atoms with van der Waals surface area (Å²) in [6.07, 6.45) is 5.63. The van der Waals surface area contributed by atoms with Crippen LogP contribution in [0.25, 0.3) is 0 Å². The summed E-state index contributed by atoms with van der Waals surface area (Å²) in [5, 5.41) is 0. The lowest BCUT2D eigenvalue weighted by Gasteiger charge is -2.28. The second-order valence-corrected chi connectivity index (χ2v) is 5.05. The molecule has 5 heteroatoms. The number of carbonyl (C=O) groups is 1. The Hall–Kier alpha value is -2.11. The number of hydrogen-bond acceptors (Lipinski definition) is 5. The van der Waals surface area contributed by atoms with E-state index in [-0.39, 0.29) is 12.4 Å². The van der Waals surface area contributed by atoms with Gasteiger partial charge in [0.25, 0.3) is 0 Å². The Kier molecular flexibility index (Phi) is 6.84. The van der Waals surface area contributed by atoms with Gasteiger partial charge < -0.3 is 18.9 Å².